The summed E-state index contributed by atoms with van der Waals surface area (Å²) in [5.41, 5.74) is 5.35. The Balaban J connectivity index is 2.13. The van der Waals surface area contributed by atoms with E-state index in [-0.39, 0.29) is 21.0 Å². The summed E-state index contributed by atoms with van der Waals surface area (Å²) in [7, 11) is -8.71. The van der Waals surface area contributed by atoms with Crippen LogP contribution in [0.2, 0.25) is 0 Å². The maximum absolute atomic E-state index is 13.2. The van der Waals surface area contributed by atoms with E-state index in [2.05, 4.69) is 9.98 Å². The quantitative estimate of drug-likeness (QED) is 0.556. The van der Waals surface area contributed by atoms with Crippen molar-refractivity contribution in [3.05, 3.63) is 84.7 Å². The molecule has 3 aromatic rings. The molecule has 0 aliphatic carbocycles. The molecule has 154 valence electrons. The summed E-state index contributed by atoms with van der Waals surface area (Å²) in [5, 5.41) is 0. The number of amides is 1. The molecule has 0 saturated carbocycles. The van der Waals surface area contributed by atoms with Gasteiger partial charge in [-0.25, -0.2) is 16.8 Å². The van der Waals surface area contributed by atoms with Crippen LogP contribution in [0.3, 0.4) is 0 Å². The van der Waals surface area contributed by atoms with Crippen molar-refractivity contribution in [1.82, 2.24) is 4.98 Å². The first-order valence-corrected chi connectivity index (χ1v) is 11.7. The minimum absolute atomic E-state index is 0.0537. The van der Waals surface area contributed by atoms with Crippen LogP contribution in [0, 0.1) is 0 Å². The maximum atomic E-state index is 13.2. The van der Waals surface area contributed by atoms with Gasteiger partial charge in [-0.1, -0.05) is 36.4 Å². The SMILES string of the molecule is NC(=O)c1cncc(N=CC(S(=O)(=O)c2ccccc2)S(=O)(=O)c2ccccc2)c1. The number of nitrogens with two attached hydrogens (primary N) is 1. The summed E-state index contributed by atoms with van der Waals surface area (Å²) < 4.78 is 50.8. The molecule has 0 bridgehead atoms. The highest BCUT2D eigenvalue weighted by molar-refractivity contribution is 8.10. The summed E-state index contributed by atoms with van der Waals surface area (Å²) >= 11 is 0. The van der Waals surface area contributed by atoms with Gasteiger partial charge in [-0.2, -0.15) is 0 Å². The van der Waals surface area contributed by atoms with Gasteiger partial charge in [0.1, 0.15) is 0 Å². The van der Waals surface area contributed by atoms with E-state index in [1.54, 1.807) is 12.1 Å². The van der Waals surface area contributed by atoms with Crippen molar-refractivity contribution in [3.8, 4) is 0 Å². The lowest BCUT2D eigenvalue weighted by atomic mass is 10.2. The van der Waals surface area contributed by atoms with E-state index in [1.165, 1.54) is 67.0 Å². The van der Waals surface area contributed by atoms with Gasteiger partial charge in [0, 0.05) is 12.4 Å². The van der Waals surface area contributed by atoms with Crippen molar-refractivity contribution in [2.24, 2.45) is 10.7 Å². The lowest BCUT2D eigenvalue weighted by Crippen LogP contribution is -2.32. The molecule has 30 heavy (non-hydrogen) atoms. The Bertz CT molecular complexity index is 1220. The van der Waals surface area contributed by atoms with Crippen LogP contribution in [0.5, 0.6) is 0 Å². The molecular weight excluding hydrogens is 426 g/mol. The second-order valence-electron chi connectivity index (χ2n) is 6.16. The number of carbonyl (C=O) groups is 1. The summed E-state index contributed by atoms with van der Waals surface area (Å²) in [5.74, 6) is -0.745. The van der Waals surface area contributed by atoms with E-state index in [4.69, 9.17) is 5.73 Å². The average molecular weight is 444 g/mol. The van der Waals surface area contributed by atoms with Crippen LogP contribution in [-0.2, 0) is 19.7 Å². The molecule has 0 saturated heterocycles. The first kappa shape index (κ1) is 21.3. The molecule has 0 fully saturated rings. The molecule has 10 heteroatoms. The van der Waals surface area contributed by atoms with E-state index >= 15 is 0 Å². The highest BCUT2D eigenvalue weighted by Crippen LogP contribution is 2.25. The number of carbonyl (C=O) groups excluding carboxylic acids is 1. The van der Waals surface area contributed by atoms with E-state index in [0.29, 0.717) is 0 Å². The molecule has 1 heterocycles. The number of benzene rings is 2. The van der Waals surface area contributed by atoms with Crippen LogP contribution >= 0.6 is 0 Å². The monoisotopic (exact) mass is 443 g/mol. The second-order valence-corrected chi connectivity index (χ2v) is 10.6. The topological polar surface area (TPSA) is 137 Å². The number of rotatable bonds is 7. The van der Waals surface area contributed by atoms with Gasteiger partial charge < -0.3 is 5.73 Å². The Morgan fingerprint density at radius 1 is 0.867 bits per heavy atom. The summed E-state index contributed by atoms with van der Waals surface area (Å²) in [6.45, 7) is 0. The number of aromatic nitrogens is 1. The molecule has 1 amide bonds. The predicted octanol–water partition coefficient (Wildman–Crippen LogP) is 2.16. The van der Waals surface area contributed by atoms with Crippen molar-refractivity contribution >= 4 is 37.5 Å². The second kappa shape index (κ2) is 8.56. The molecular formula is C20H17N3O5S2. The molecule has 0 unspecified atom stereocenters. The van der Waals surface area contributed by atoms with Gasteiger partial charge in [-0.15, -0.1) is 0 Å². The smallest absolute Gasteiger partial charge is 0.250 e. The third kappa shape index (κ3) is 4.44. The predicted molar refractivity (Wildman–Crippen MR) is 112 cm³/mol. The minimum atomic E-state index is -4.35. The molecule has 8 nitrogen and oxygen atoms in total. The van der Waals surface area contributed by atoms with Gasteiger partial charge in [0.15, 0.2) is 0 Å². The zero-order chi connectivity index (χ0) is 21.8. The molecule has 0 aliphatic rings. The van der Waals surface area contributed by atoms with E-state index in [9.17, 15) is 21.6 Å². The van der Waals surface area contributed by atoms with Gasteiger partial charge >= 0.3 is 0 Å². The number of primary amides is 1. The van der Waals surface area contributed by atoms with Gasteiger partial charge in [0.05, 0.1) is 27.2 Å². The Morgan fingerprint density at radius 2 is 1.37 bits per heavy atom. The summed E-state index contributed by atoms with van der Waals surface area (Å²) in [4.78, 5) is 18.8. The molecule has 1 aromatic heterocycles. The molecule has 0 radical (unpaired) electrons. The zero-order valence-corrected chi connectivity index (χ0v) is 17.1. The van der Waals surface area contributed by atoms with Gasteiger partial charge in [0.2, 0.25) is 30.2 Å². The summed E-state index contributed by atoms with van der Waals surface area (Å²) in [6.07, 6.45) is 3.30. The van der Waals surface area contributed by atoms with Crippen molar-refractivity contribution in [1.29, 1.82) is 0 Å². The van der Waals surface area contributed by atoms with Crippen LogP contribution in [0.25, 0.3) is 0 Å². The number of pyridine rings is 1. The van der Waals surface area contributed by atoms with Crippen molar-refractivity contribution < 1.29 is 21.6 Å². The fourth-order valence-corrected chi connectivity index (χ4v) is 6.65. The fourth-order valence-electron chi connectivity index (χ4n) is 2.60. The van der Waals surface area contributed by atoms with Crippen LogP contribution in [-0.4, -0.2) is 38.5 Å². The van der Waals surface area contributed by atoms with E-state index in [1.807, 2.05) is 0 Å². The average Bonchev–Trinajstić information content (AvgIpc) is 2.75. The molecule has 2 N–H and O–H groups in total. The van der Waals surface area contributed by atoms with Crippen LogP contribution < -0.4 is 5.73 Å². The number of hydrogen-bond acceptors (Lipinski definition) is 7. The first-order chi connectivity index (χ1) is 14.2. The highest BCUT2D eigenvalue weighted by atomic mass is 32.3. The van der Waals surface area contributed by atoms with Crippen LogP contribution in [0.4, 0.5) is 5.69 Å². The van der Waals surface area contributed by atoms with Crippen LogP contribution in [0.15, 0.2) is 93.9 Å². The molecule has 0 spiro atoms. The van der Waals surface area contributed by atoms with Gasteiger partial charge in [0.25, 0.3) is 0 Å². The highest BCUT2D eigenvalue weighted by Gasteiger charge is 2.38. The summed E-state index contributed by atoms with van der Waals surface area (Å²) in [6, 6.07) is 15.8. The van der Waals surface area contributed by atoms with Crippen molar-refractivity contribution in [2.45, 2.75) is 14.4 Å². The molecule has 2 aromatic carbocycles. The third-order valence-corrected chi connectivity index (χ3v) is 8.95. The fraction of sp³-hybridized carbons (Fsp3) is 0.0500. The van der Waals surface area contributed by atoms with E-state index < -0.39 is 30.2 Å². The molecule has 0 aliphatic heterocycles. The molecule has 3 rings (SSSR count). The zero-order valence-electron chi connectivity index (χ0n) is 15.5. The van der Waals surface area contributed by atoms with Crippen molar-refractivity contribution in [3.63, 3.8) is 0 Å². The Labute approximate surface area is 174 Å². The van der Waals surface area contributed by atoms with Gasteiger partial charge in [-0.05, 0) is 30.3 Å². The number of sulfone groups is 2. The Kier molecular flexibility index (Phi) is 6.09. The normalized spacial score (nSPS) is 12.3. The number of nitrogens with zero attached hydrogens (tertiary/aromatic N) is 2. The lowest BCUT2D eigenvalue weighted by molar-refractivity contribution is 0.1000. The van der Waals surface area contributed by atoms with E-state index in [0.717, 1.165) is 6.21 Å². The van der Waals surface area contributed by atoms with Gasteiger partial charge in [-0.3, -0.25) is 14.8 Å². The Hall–Kier alpha value is -3.37. The third-order valence-electron chi connectivity index (χ3n) is 4.11. The largest absolute Gasteiger partial charge is 0.366 e. The molecule has 0 atom stereocenters. The van der Waals surface area contributed by atoms with Crippen LogP contribution in [0.1, 0.15) is 10.4 Å². The standard InChI is InChI=1S/C20H17N3O5S2/c21-20(24)15-11-16(13-22-12-15)23-14-19(29(25,26)17-7-3-1-4-8-17)30(27,28)18-9-5-2-6-10-18/h1-14,19H,(H2,21,24). The first-order valence-electron chi connectivity index (χ1n) is 8.60. The number of aliphatic imine (C=N–C) groups is 1. The minimum Gasteiger partial charge on any atom is -0.366 e. The maximum Gasteiger partial charge on any atom is 0.250 e. The van der Waals surface area contributed by atoms with Crippen molar-refractivity contribution in [2.75, 3.05) is 0 Å². The Morgan fingerprint density at radius 3 is 1.83 bits per heavy atom. The number of hydrogen-bond donors (Lipinski definition) is 1. The lowest BCUT2D eigenvalue weighted by Gasteiger charge is -2.15.